The number of aromatic nitrogens is 5. The van der Waals surface area contributed by atoms with E-state index in [-0.39, 0.29) is 22.5 Å². The van der Waals surface area contributed by atoms with Crippen LogP contribution in [0.25, 0.3) is 11.2 Å². The van der Waals surface area contributed by atoms with E-state index in [0.717, 1.165) is 17.1 Å². The Morgan fingerprint density at radius 3 is 2.38 bits per heavy atom. The number of primary amides is 1. The Bertz CT molecular complexity index is 1680. The van der Waals surface area contributed by atoms with Crippen LogP contribution >= 0.6 is 15.6 Å². The summed E-state index contributed by atoms with van der Waals surface area (Å²) in [5.74, 6) is -3.54. The summed E-state index contributed by atoms with van der Waals surface area (Å²) in [6.45, 7) is -2.01. The van der Waals surface area contributed by atoms with E-state index in [1.165, 1.54) is 29.2 Å². The molecule has 0 radical (unpaired) electrons. The second-order valence-electron chi connectivity index (χ2n) is 9.85. The van der Waals surface area contributed by atoms with Gasteiger partial charge in [0, 0.05) is 6.07 Å². The van der Waals surface area contributed by atoms with Crippen LogP contribution in [-0.4, -0.2) is 111 Å². The van der Waals surface area contributed by atoms with Crippen molar-refractivity contribution < 1.29 is 76.6 Å². The summed E-state index contributed by atoms with van der Waals surface area (Å²) >= 11 is 0. The van der Waals surface area contributed by atoms with Gasteiger partial charge in [-0.1, -0.05) is 0 Å². The molecule has 2 saturated heterocycles. The number of aliphatic hydroxyl groups excluding tert-OH is 4. The van der Waals surface area contributed by atoms with Crippen molar-refractivity contribution in [1.82, 2.24) is 19.5 Å². The zero-order chi connectivity index (χ0) is 32.9. The van der Waals surface area contributed by atoms with Gasteiger partial charge in [-0.2, -0.15) is 4.31 Å². The number of phosphoric ester groups is 2. The largest absolute Gasteiger partial charge is 0.481 e. The Labute approximate surface area is 251 Å². The van der Waals surface area contributed by atoms with Crippen LogP contribution in [0, 0.1) is 0 Å². The van der Waals surface area contributed by atoms with Crippen molar-refractivity contribution >= 4 is 38.5 Å². The number of phosphoric acid groups is 2. The molecule has 2 fully saturated rings. The Morgan fingerprint density at radius 1 is 1.04 bits per heavy atom. The summed E-state index contributed by atoms with van der Waals surface area (Å²) in [4.78, 5) is 43.3. The Morgan fingerprint density at radius 2 is 1.71 bits per heavy atom. The number of carbonyl (C=O) groups is 1. The minimum absolute atomic E-state index is 0.0374. The minimum Gasteiger partial charge on any atom is -0.387 e. The van der Waals surface area contributed by atoms with Gasteiger partial charge in [-0.05, 0) is 6.07 Å². The third-order valence-corrected chi connectivity index (χ3v) is 9.48. The average molecular weight is 680 g/mol. The molecule has 24 heteroatoms. The zero-order valence-corrected chi connectivity index (χ0v) is 24.4. The van der Waals surface area contributed by atoms with E-state index in [1.54, 1.807) is 0 Å². The van der Waals surface area contributed by atoms with Gasteiger partial charge in [0.05, 0.1) is 19.5 Å². The van der Waals surface area contributed by atoms with Gasteiger partial charge in [-0.25, -0.2) is 24.1 Å². The van der Waals surface area contributed by atoms with Gasteiger partial charge in [-0.3, -0.25) is 23.1 Å². The Kier molecular flexibility index (Phi) is 9.09. The molecule has 10 atom stereocenters. The molecular formula is C21H28N7O15P2+. The zero-order valence-electron chi connectivity index (χ0n) is 22.6. The lowest BCUT2D eigenvalue weighted by Gasteiger charge is -2.21. The molecule has 0 saturated carbocycles. The number of amides is 1. The molecule has 246 valence electrons. The molecular weight excluding hydrogens is 652 g/mol. The van der Waals surface area contributed by atoms with Crippen LogP contribution in [-0.2, 0) is 37.9 Å². The van der Waals surface area contributed by atoms with E-state index in [9.17, 15) is 49.2 Å². The maximum absolute atomic E-state index is 12.4. The normalized spacial score (nSPS) is 32.8. The van der Waals surface area contributed by atoms with E-state index < -0.39 is 83.5 Å². The van der Waals surface area contributed by atoms with Crippen LogP contribution in [0.15, 0.2) is 37.2 Å². The number of ether oxygens (including phenoxy) is 2. The molecule has 45 heavy (non-hydrogen) atoms. The fraction of sp³-hybridized carbons (Fsp3) is 0.476. The average Bonchev–Trinajstić information content (AvgIpc) is 3.60. The predicted molar refractivity (Wildman–Crippen MR) is 141 cm³/mol. The third kappa shape index (κ3) is 6.61. The summed E-state index contributed by atoms with van der Waals surface area (Å²) in [5, 5.41) is 52.5. The first-order valence-electron chi connectivity index (χ1n) is 12.7. The molecule has 5 rings (SSSR count). The highest BCUT2D eigenvalue weighted by Gasteiger charge is 2.61. The van der Waals surface area contributed by atoms with Gasteiger partial charge in [-0.15, -0.1) is 4.57 Å². The maximum atomic E-state index is 12.4. The van der Waals surface area contributed by atoms with Crippen molar-refractivity contribution in [2.24, 2.45) is 5.73 Å². The number of nitrogen functional groups attached to an aromatic ring is 1. The minimum atomic E-state index is -5.47. The SMILES string of the molecule is NC(=O)c1ccc[n+]([C@]2(O)O[C@H](COP(=O)(O)OP(=O)(O)OC[C@H]3O[C@@H](n4cnc5c(N)ncnc54)[C@H](O)[C@@H]3O)[C@@H](O)[C@H]2O)c1. The van der Waals surface area contributed by atoms with E-state index in [2.05, 4.69) is 28.3 Å². The first kappa shape index (κ1) is 33.3. The van der Waals surface area contributed by atoms with E-state index >= 15 is 0 Å². The quantitative estimate of drug-likeness (QED) is 0.0690. The summed E-state index contributed by atoms with van der Waals surface area (Å²) in [5.41, 5.74) is 11.2. The van der Waals surface area contributed by atoms with E-state index in [0.29, 0.717) is 0 Å². The summed E-state index contributed by atoms with van der Waals surface area (Å²) in [6.07, 6.45) is -7.27. The third-order valence-electron chi connectivity index (χ3n) is 6.88. The van der Waals surface area contributed by atoms with Crippen molar-refractivity contribution in [3.05, 3.63) is 42.7 Å². The van der Waals surface area contributed by atoms with Crippen molar-refractivity contribution in [3.8, 4) is 0 Å². The van der Waals surface area contributed by atoms with Crippen LogP contribution in [0.1, 0.15) is 16.6 Å². The molecule has 3 aromatic heterocycles. The molecule has 2 aliphatic heterocycles. The first-order chi connectivity index (χ1) is 21.0. The number of fused-ring (bicyclic) bond motifs is 1. The van der Waals surface area contributed by atoms with E-state index in [4.69, 9.17) is 20.9 Å². The van der Waals surface area contributed by atoms with Crippen molar-refractivity contribution in [1.29, 1.82) is 0 Å². The number of nitrogens with two attached hydrogens (primary N) is 2. The number of carbonyl (C=O) groups excluding carboxylic acids is 1. The molecule has 0 spiro atoms. The number of rotatable bonds is 11. The van der Waals surface area contributed by atoms with Crippen molar-refractivity contribution in [2.45, 2.75) is 48.8 Å². The van der Waals surface area contributed by atoms with Gasteiger partial charge < -0.3 is 51.5 Å². The van der Waals surface area contributed by atoms with Crippen LogP contribution in [0.3, 0.4) is 0 Å². The maximum Gasteiger partial charge on any atom is 0.481 e. The highest BCUT2D eigenvalue weighted by Crippen LogP contribution is 2.60. The van der Waals surface area contributed by atoms with Crippen LogP contribution in [0.5, 0.6) is 0 Å². The lowest BCUT2D eigenvalue weighted by atomic mass is 10.1. The molecule has 11 N–H and O–H groups in total. The van der Waals surface area contributed by atoms with Gasteiger partial charge in [0.15, 0.2) is 30.1 Å². The van der Waals surface area contributed by atoms with Crippen LogP contribution < -0.4 is 16.0 Å². The lowest BCUT2D eigenvalue weighted by molar-refractivity contribution is -0.859. The molecule has 2 unspecified atom stereocenters. The van der Waals surface area contributed by atoms with Gasteiger partial charge in [0.2, 0.25) is 6.10 Å². The fourth-order valence-electron chi connectivity index (χ4n) is 4.62. The number of hydrogen-bond donors (Lipinski definition) is 9. The molecule has 2 aliphatic rings. The second-order valence-corrected chi connectivity index (χ2v) is 12.9. The number of nitrogens with zero attached hydrogens (tertiary/aromatic N) is 5. The predicted octanol–water partition coefficient (Wildman–Crippen LogP) is -3.91. The molecule has 0 aliphatic carbocycles. The molecule has 1 amide bonds. The van der Waals surface area contributed by atoms with Gasteiger partial charge >= 0.3 is 21.6 Å². The number of hydrogen-bond acceptors (Lipinski definition) is 17. The van der Waals surface area contributed by atoms with Gasteiger partial charge in [0.25, 0.3) is 5.91 Å². The molecule has 5 heterocycles. The number of pyridine rings is 1. The highest BCUT2D eigenvalue weighted by molar-refractivity contribution is 7.61. The standard InChI is InChI=1S/C21H27N7O15P2/c22-17-12-19(25-7-24-17)28(8-26-12)20-15(31)13(29)10(41-20)5-39-44(35,36)43-45(37,38)40-6-11-14(30)16(32)21(34,42-11)27-3-1-2-9(4-27)18(23)33/h1-4,7-8,10-11,13-16,20,29-32,34H,5-6H2,(H5-,22,23,24,25,33,35,36,37,38)/p+1/t10-,11-,13-,14-,15-,16-,20-,21-/m1/s1. The monoisotopic (exact) mass is 680 g/mol. The molecule has 22 nitrogen and oxygen atoms in total. The Hall–Kier alpha value is -3.05. The fourth-order valence-corrected chi connectivity index (χ4v) is 6.71. The van der Waals surface area contributed by atoms with Gasteiger partial charge in [0.1, 0.15) is 47.9 Å². The Balaban J connectivity index is 1.18. The number of aliphatic hydroxyl groups is 5. The topological polar surface area (TPSA) is 338 Å². The lowest BCUT2D eigenvalue weighted by Crippen LogP contribution is -2.63. The summed E-state index contributed by atoms with van der Waals surface area (Å²) < 4.78 is 51.2. The molecule has 3 aromatic rings. The summed E-state index contributed by atoms with van der Waals surface area (Å²) in [7, 11) is -10.9. The van der Waals surface area contributed by atoms with Crippen LogP contribution in [0.2, 0.25) is 0 Å². The van der Waals surface area contributed by atoms with E-state index in [1.807, 2.05) is 0 Å². The molecule has 0 bridgehead atoms. The first-order valence-corrected chi connectivity index (χ1v) is 15.7. The van der Waals surface area contributed by atoms with Crippen molar-refractivity contribution in [2.75, 3.05) is 18.9 Å². The number of imidazole rings is 1. The summed E-state index contributed by atoms with van der Waals surface area (Å²) in [6, 6.07) is 2.57. The number of anilines is 1. The van der Waals surface area contributed by atoms with Crippen LogP contribution in [0.4, 0.5) is 5.82 Å². The highest BCUT2D eigenvalue weighted by atomic mass is 31.3. The van der Waals surface area contributed by atoms with Crippen molar-refractivity contribution in [3.63, 3.8) is 0 Å². The second kappa shape index (κ2) is 12.3. The molecule has 0 aromatic carbocycles. The smallest absolute Gasteiger partial charge is 0.387 e.